The summed E-state index contributed by atoms with van der Waals surface area (Å²) < 4.78 is 23.3. The second-order valence-corrected chi connectivity index (χ2v) is 8.08. The van der Waals surface area contributed by atoms with E-state index >= 15 is 0 Å². The number of benzene rings is 1. The number of halogens is 1. The van der Waals surface area contributed by atoms with Crippen molar-refractivity contribution in [3.8, 4) is 0 Å². The summed E-state index contributed by atoms with van der Waals surface area (Å²) in [5.74, 6) is -0.599. The Morgan fingerprint density at radius 1 is 1.33 bits per heavy atom. The van der Waals surface area contributed by atoms with E-state index in [1.165, 1.54) is 17.8 Å². The molecule has 3 N–H and O–H groups in total. The van der Waals surface area contributed by atoms with Gasteiger partial charge in [-0.15, -0.1) is 0 Å². The summed E-state index contributed by atoms with van der Waals surface area (Å²) in [5.41, 5.74) is 6.42. The predicted molar refractivity (Wildman–Crippen MR) is 94.9 cm³/mol. The third-order valence-corrected chi connectivity index (χ3v) is 5.19. The van der Waals surface area contributed by atoms with Crippen molar-refractivity contribution in [3.05, 3.63) is 34.5 Å². The highest BCUT2D eigenvalue weighted by Gasteiger charge is 2.19. The van der Waals surface area contributed by atoms with Crippen LogP contribution in [0.5, 0.6) is 0 Å². The molecular weight excluding hydrogens is 372 g/mol. The highest BCUT2D eigenvalue weighted by atomic mass is 35.5. The molecule has 0 aliphatic heterocycles. The van der Waals surface area contributed by atoms with E-state index < -0.39 is 15.7 Å². The molecule has 0 radical (unpaired) electrons. The molecule has 2 aromatic rings. The summed E-state index contributed by atoms with van der Waals surface area (Å²) in [5, 5.41) is 3.27. The average Bonchev–Trinajstić information content (AvgIpc) is 2.44. The minimum atomic E-state index is -3.31. The lowest BCUT2D eigenvalue weighted by molar-refractivity contribution is 0.100. The van der Waals surface area contributed by atoms with E-state index in [0.717, 1.165) is 6.26 Å². The van der Waals surface area contributed by atoms with Crippen LogP contribution in [-0.4, -0.2) is 36.8 Å². The number of aromatic nitrogens is 2. The van der Waals surface area contributed by atoms with Crippen molar-refractivity contribution in [1.82, 2.24) is 9.97 Å². The van der Waals surface area contributed by atoms with Crippen LogP contribution >= 0.6 is 23.4 Å². The van der Waals surface area contributed by atoms with Crippen LogP contribution in [0.1, 0.15) is 15.9 Å². The molecule has 1 heterocycles. The number of carbonyl (C=O) groups is 1. The van der Waals surface area contributed by atoms with Gasteiger partial charge in [-0.05, 0) is 36.9 Å². The van der Waals surface area contributed by atoms with Crippen LogP contribution in [0.15, 0.2) is 28.3 Å². The van der Waals surface area contributed by atoms with Crippen molar-refractivity contribution >= 4 is 50.6 Å². The lowest BCUT2D eigenvalue weighted by atomic mass is 10.2. The number of anilines is 2. The third kappa shape index (κ3) is 3.97. The lowest BCUT2D eigenvalue weighted by Crippen LogP contribution is -2.16. The fourth-order valence-corrected chi connectivity index (χ4v) is 3.73. The van der Waals surface area contributed by atoms with Gasteiger partial charge >= 0.3 is 0 Å². The molecule has 1 aromatic carbocycles. The van der Waals surface area contributed by atoms with Gasteiger partial charge in [0.25, 0.3) is 5.91 Å². The first-order valence-electron chi connectivity index (χ1n) is 6.62. The number of nitrogens with one attached hydrogen (secondary N) is 1. The molecule has 0 saturated carbocycles. The Bertz CT molecular complexity index is 916. The van der Waals surface area contributed by atoms with Crippen LogP contribution in [0.3, 0.4) is 0 Å². The maximum Gasteiger partial charge on any atom is 0.255 e. The number of nitrogens with zero attached hydrogens (tertiary/aromatic N) is 2. The van der Waals surface area contributed by atoms with Crippen LogP contribution in [0.25, 0.3) is 0 Å². The minimum Gasteiger partial charge on any atom is -0.365 e. The Kier molecular flexibility index (Phi) is 5.36. The van der Waals surface area contributed by atoms with Gasteiger partial charge < -0.3 is 11.1 Å². The summed E-state index contributed by atoms with van der Waals surface area (Å²) in [6, 6.07) is 4.69. The molecule has 1 amide bonds. The van der Waals surface area contributed by atoms with Crippen molar-refractivity contribution in [2.24, 2.45) is 5.73 Å². The first kappa shape index (κ1) is 18.5. The molecule has 0 atom stereocenters. The number of hydrogen-bond donors (Lipinski definition) is 2. The highest BCUT2D eigenvalue weighted by Crippen LogP contribution is 2.28. The SMILES string of the molecule is CSc1nc(Cl)c(C(N)=O)c(Nc2ccc(S(C)(=O)=O)c(C)c2)n1. The van der Waals surface area contributed by atoms with Gasteiger partial charge in [-0.2, -0.15) is 0 Å². The molecule has 0 saturated heterocycles. The topological polar surface area (TPSA) is 115 Å². The number of sulfone groups is 1. The number of carbonyl (C=O) groups excluding carboxylic acids is 1. The van der Waals surface area contributed by atoms with E-state index in [2.05, 4.69) is 15.3 Å². The Labute approximate surface area is 148 Å². The normalized spacial score (nSPS) is 11.3. The maximum absolute atomic E-state index is 11.7. The van der Waals surface area contributed by atoms with Crippen molar-refractivity contribution in [2.75, 3.05) is 17.8 Å². The third-order valence-electron chi connectivity index (χ3n) is 3.11. The number of hydrogen-bond acceptors (Lipinski definition) is 7. The first-order chi connectivity index (χ1) is 11.1. The van der Waals surface area contributed by atoms with Gasteiger partial charge in [-0.3, -0.25) is 4.79 Å². The summed E-state index contributed by atoms with van der Waals surface area (Å²) in [6.45, 7) is 1.68. The molecule has 7 nitrogen and oxygen atoms in total. The number of nitrogens with two attached hydrogens (primary N) is 1. The monoisotopic (exact) mass is 386 g/mol. The van der Waals surface area contributed by atoms with Gasteiger partial charge in [-0.1, -0.05) is 23.4 Å². The van der Waals surface area contributed by atoms with Crippen molar-refractivity contribution in [1.29, 1.82) is 0 Å². The van der Waals surface area contributed by atoms with Gasteiger partial charge in [0.15, 0.2) is 15.0 Å². The number of primary amides is 1. The zero-order chi connectivity index (χ0) is 18.1. The molecule has 0 aliphatic carbocycles. The summed E-state index contributed by atoms with van der Waals surface area (Å²) in [6.07, 6.45) is 2.91. The standard InChI is InChI=1S/C14H15ClN4O3S2/c1-7-6-8(4-5-9(7)24(3,21)22)17-13-10(12(16)20)11(15)18-14(19-13)23-2/h4-6H,1-3H3,(H2,16,20)(H,17,18,19). The lowest BCUT2D eigenvalue weighted by Gasteiger charge is -2.13. The van der Waals surface area contributed by atoms with Gasteiger partial charge in [0.1, 0.15) is 16.5 Å². The molecule has 24 heavy (non-hydrogen) atoms. The smallest absolute Gasteiger partial charge is 0.255 e. The fraction of sp³-hybridized carbons (Fsp3) is 0.214. The van der Waals surface area contributed by atoms with Gasteiger partial charge in [0.05, 0.1) is 4.90 Å². The first-order valence-corrected chi connectivity index (χ1v) is 10.1. The largest absolute Gasteiger partial charge is 0.365 e. The molecule has 0 spiro atoms. The molecule has 0 aliphatic rings. The van der Waals surface area contributed by atoms with Crippen LogP contribution in [0.2, 0.25) is 5.15 Å². The number of amides is 1. The molecule has 1 aromatic heterocycles. The van der Waals surface area contributed by atoms with E-state index in [1.54, 1.807) is 25.3 Å². The summed E-state index contributed by atoms with van der Waals surface area (Å²) in [4.78, 5) is 20.0. The zero-order valence-electron chi connectivity index (χ0n) is 13.1. The van der Waals surface area contributed by atoms with Gasteiger partial charge in [0, 0.05) is 11.9 Å². The Morgan fingerprint density at radius 3 is 2.50 bits per heavy atom. The van der Waals surface area contributed by atoms with Crippen molar-refractivity contribution < 1.29 is 13.2 Å². The zero-order valence-corrected chi connectivity index (χ0v) is 15.5. The van der Waals surface area contributed by atoms with Crippen LogP contribution in [0.4, 0.5) is 11.5 Å². The van der Waals surface area contributed by atoms with Crippen LogP contribution in [0, 0.1) is 6.92 Å². The molecule has 0 unspecified atom stereocenters. The van der Waals surface area contributed by atoms with Crippen LogP contribution in [-0.2, 0) is 9.84 Å². The number of aryl methyl sites for hydroxylation is 1. The van der Waals surface area contributed by atoms with Crippen molar-refractivity contribution in [2.45, 2.75) is 17.0 Å². The van der Waals surface area contributed by atoms with E-state index in [1.807, 2.05) is 0 Å². The minimum absolute atomic E-state index is 0.0284. The van der Waals surface area contributed by atoms with Gasteiger partial charge in [0.2, 0.25) is 0 Å². The Balaban J connectivity index is 2.50. The number of thioether (sulfide) groups is 1. The Morgan fingerprint density at radius 2 is 2.00 bits per heavy atom. The maximum atomic E-state index is 11.7. The quantitative estimate of drug-likeness (QED) is 0.460. The molecule has 0 fully saturated rings. The Hall–Kier alpha value is -1.84. The molecule has 128 valence electrons. The molecular formula is C14H15ClN4O3S2. The van der Waals surface area contributed by atoms with E-state index in [-0.39, 0.29) is 21.4 Å². The van der Waals surface area contributed by atoms with Crippen LogP contribution < -0.4 is 11.1 Å². The molecule has 10 heteroatoms. The molecule has 0 bridgehead atoms. The van der Waals surface area contributed by atoms with E-state index in [4.69, 9.17) is 17.3 Å². The highest BCUT2D eigenvalue weighted by molar-refractivity contribution is 7.98. The van der Waals surface area contributed by atoms with Crippen molar-refractivity contribution in [3.63, 3.8) is 0 Å². The predicted octanol–water partition coefficient (Wildman–Crippen LogP) is 2.41. The number of rotatable bonds is 5. The summed E-state index contributed by atoms with van der Waals surface area (Å²) >= 11 is 7.27. The summed E-state index contributed by atoms with van der Waals surface area (Å²) in [7, 11) is -3.31. The second kappa shape index (κ2) is 6.96. The van der Waals surface area contributed by atoms with E-state index in [9.17, 15) is 13.2 Å². The second-order valence-electron chi connectivity index (χ2n) is 4.97. The fourth-order valence-electron chi connectivity index (χ4n) is 2.09. The molecule has 2 rings (SSSR count). The van der Waals surface area contributed by atoms with E-state index in [0.29, 0.717) is 16.4 Å². The average molecular weight is 387 g/mol. The van der Waals surface area contributed by atoms with Gasteiger partial charge in [-0.25, -0.2) is 18.4 Å².